The van der Waals surface area contributed by atoms with E-state index in [0.29, 0.717) is 25.1 Å². The molecule has 0 bridgehead atoms. The van der Waals surface area contributed by atoms with Crippen LogP contribution in [0.1, 0.15) is 54.0 Å². The van der Waals surface area contributed by atoms with Crippen molar-refractivity contribution in [3.05, 3.63) is 78.1 Å². The fourth-order valence-corrected chi connectivity index (χ4v) is 5.01. The van der Waals surface area contributed by atoms with Crippen molar-refractivity contribution in [2.75, 3.05) is 46.0 Å². The minimum atomic E-state index is -0.769. The van der Waals surface area contributed by atoms with Gasteiger partial charge in [0.15, 0.2) is 0 Å². The molecule has 1 N–H and O–H groups in total. The van der Waals surface area contributed by atoms with E-state index in [1.54, 1.807) is 6.26 Å². The molecular weight excluding hydrogens is 507 g/mol. The van der Waals surface area contributed by atoms with Crippen molar-refractivity contribution < 1.29 is 28.6 Å². The Morgan fingerprint density at radius 3 is 2.48 bits per heavy atom. The molecule has 0 aliphatic carbocycles. The Bertz CT molecular complexity index is 1190. The van der Waals surface area contributed by atoms with Crippen LogP contribution in [0.25, 0.3) is 11.3 Å². The molecule has 0 radical (unpaired) electrons. The summed E-state index contributed by atoms with van der Waals surface area (Å²) in [6, 6.07) is 19.2. The van der Waals surface area contributed by atoms with Crippen molar-refractivity contribution in [2.24, 2.45) is 0 Å². The first-order valence-electron chi connectivity index (χ1n) is 14.2. The van der Waals surface area contributed by atoms with Crippen molar-refractivity contribution in [3.63, 3.8) is 0 Å². The van der Waals surface area contributed by atoms with E-state index in [0.717, 1.165) is 74.7 Å². The summed E-state index contributed by atoms with van der Waals surface area (Å²) in [5, 5.41) is 8.84. The molecule has 1 saturated heterocycles. The molecule has 9 heteroatoms. The zero-order chi connectivity index (χ0) is 28.2. The predicted molar refractivity (Wildman–Crippen MR) is 156 cm³/mol. The van der Waals surface area contributed by atoms with Gasteiger partial charge in [-0.05, 0) is 56.0 Å². The van der Waals surface area contributed by atoms with Crippen LogP contribution in [0, 0.1) is 0 Å². The number of amides is 1. The van der Waals surface area contributed by atoms with Gasteiger partial charge in [0.1, 0.15) is 19.4 Å². The average Bonchev–Trinajstić information content (AvgIpc) is 3.52. The van der Waals surface area contributed by atoms with Crippen LogP contribution in [0.5, 0.6) is 5.75 Å². The second-order valence-corrected chi connectivity index (χ2v) is 10.1. The number of para-hydroxylation sites is 1. The van der Waals surface area contributed by atoms with Crippen LogP contribution in [0.3, 0.4) is 0 Å². The number of benzene rings is 2. The summed E-state index contributed by atoms with van der Waals surface area (Å²) in [6.07, 6.45) is 4.89. The maximum Gasteiger partial charge on any atom is 0.303 e. The van der Waals surface area contributed by atoms with Gasteiger partial charge < -0.3 is 23.9 Å². The minimum Gasteiger partial charge on any atom is -0.493 e. The second kappa shape index (κ2) is 15.3. The average molecular weight is 546 g/mol. The van der Waals surface area contributed by atoms with Crippen molar-refractivity contribution >= 4 is 19.7 Å². The number of hydrogen-bond acceptors (Lipinski definition) is 6. The molecule has 1 aromatic heterocycles. The van der Waals surface area contributed by atoms with E-state index in [4.69, 9.17) is 19.0 Å². The number of carbonyl (C=O) groups excluding carboxylic acids is 1. The van der Waals surface area contributed by atoms with E-state index < -0.39 is 5.97 Å². The van der Waals surface area contributed by atoms with Crippen molar-refractivity contribution in [3.8, 4) is 17.1 Å². The Morgan fingerprint density at radius 1 is 0.975 bits per heavy atom. The number of ether oxygens (including phenoxy) is 2. The maximum atomic E-state index is 13.9. The summed E-state index contributed by atoms with van der Waals surface area (Å²) in [7, 11) is 2.05. The van der Waals surface area contributed by atoms with Crippen LogP contribution in [0.4, 0.5) is 0 Å². The van der Waals surface area contributed by atoms with E-state index in [9.17, 15) is 9.59 Å². The molecule has 1 atom stereocenters. The lowest BCUT2D eigenvalue weighted by Crippen LogP contribution is -2.40. The third kappa shape index (κ3) is 8.47. The van der Waals surface area contributed by atoms with Gasteiger partial charge >= 0.3 is 5.97 Å². The topological polar surface area (TPSA) is 92.5 Å². The van der Waals surface area contributed by atoms with Gasteiger partial charge in [-0.15, -0.1) is 0 Å². The molecule has 1 unspecified atom stereocenters. The molecule has 1 amide bonds. The first-order valence-corrected chi connectivity index (χ1v) is 14.2. The first-order chi connectivity index (χ1) is 19.5. The summed E-state index contributed by atoms with van der Waals surface area (Å²) in [5.41, 5.74) is 2.51. The van der Waals surface area contributed by atoms with Crippen LogP contribution in [0.15, 0.2) is 71.3 Å². The largest absolute Gasteiger partial charge is 0.493 e. The lowest BCUT2D eigenvalue weighted by atomic mass is 9.86. The van der Waals surface area contributed by atoms with Crippen LogP contribution in [-0.4, -0.2) is 80.6 Å². The fraction of sp³-hybridized carbons (Fsp3) is 0.419. The predicted octanol–water partition coefficient (Wildman–Crippen LogP) is 4.47. The number of carbonyl (C=O) groups is 2. The van der Waals surface area contributed by atoms with Crippen molar-refractivity contribution in [2.45, 2.75) is 38.0 Å². The zero-order valence-corrected chi connectivity index (χ0v) is 23.3. The van der Waals surface area contributed by atoms with Crippen LogP contribution in [0.2, 0.25) is 0 Å². The first kappa shape index (κ1) is 29.4. The molecule has 8 nitrogen and oxygen atoms in total. The molecule has 40 heavy (non-hydrogen) atoms. The molecule has 2 aromatic carbocycles. The number of morpholine rings is 1. The summed E-state index contributed by atoms with van der Waals surface area (Å²) in [5.74, 6) is 0.527. The minimum absolute atomic E-state index is 0.0241. The number of furan rings is 1. The van der Waals surface area contributed by atoms with Gasteiger partial charge in [0.05, 0.1) is 26.1 Å². The smallest absolute Gasteiger partial charge is 0.303 e. The van der Waals surface area contributed by atoms with Crippen LogP contribution >= 0.6 is 0 Å². The molecule has 0 saturated carbocycles. The lowest BCUT2D eigenvalue weighted by molar-refractivity contribution is -0.137. The summed E-state index contributed by atoms with van der Waals surface area (Å²) >= 11 is 0. The second-order valence-electron chi connectivity index (χ2n) is 10.1. The molecule has 2 heterocycles. The molecular formula is C31H39BN2O6. The van der Waals surface area contributed by atoms with Crippen molar-refractivity contribution in [1.82, 2.24) is 9.80 Å². The molecule has 4 rings (SSSR count). The Kier molecular flexibility index (Phi) is 11.2. The molecule has 1 aliphatic rings. The fourth-order valence-electron chi connectivity index (χ4n) is 5.01. The number of nitrogens with zero attached hydrogens (tertiary/aromatic N) is 2. The molecule has 1 fully saturated rings. The highest BCUT2D eigenvalue weighted by atomic mass is 16.5. The van der Waals surface area contributed by atoms with Gasteiger partial charge in [0, 0.05) is 55.2 Å². The number of carboxylic acids is 1. The standard InChI is InChI=1S/C31H39BN2O6/c32-30(26-8-3-4-9-28(26)40-20-5-1-2-11-29(35)36)34(17-7-16-33-18-22-38-23-19-33)31(37)25-14-12-24(13-15-25)27-10-6-21-39-27/h3-4,6,8-10,12-15,21,30H,1-2,5,7,11,16-20,22-23,32H2,(H,35,36). The summed E-state index contributed by atoms with van der Waals surface area (Å²) in [4.78, 5) is 29.0. The number of aliphatic carboxylic acids is 1. The molecule has 3 aromatic rings. The highest BCUT2D eigenvalue weighted by Gasteiger charge is 2.25. The molecule has 0 spiro atoms. The van der Waals surface area contributed by atoms with E-state index in [1.807, 2.05) is 65.6 Å². The number of hydrogen-bond donors (Lipinski definition) is 1. The Labute approximate surface area is 237 Å². The summed E-state index contributed by atoms with van der Waals surface area (Å²) in [6.45, 7) is 5.36. The van der Waals surface area contributed by atoms with E-state index in [2.05, 4.69) is 12.7 Å². The van der Waals surface area contributed by atoms with E-state index in [-0.39, 0.29) is 18.3 Å². The Balaban J connectivity index is 1.46. The van der Waals surface area contributed by atoms with Gasteiger partial charge in [0.25, 0.3) is 5.91 Å². The Hall–Kier alpha value is -3.56. The van der Waals surface area contributed by atoms with Gasteiger partial charge in [-0.25, -0.2) is 0 Å². The highest BCUT2D eigenvalue weighted by Crippen LogP contribution is 2.30. The highest BCUT2D eigenvalue weighted by molar-refractivity contribution is 6.14. The normalized spacial score (nSPS) is 14.5. The van der Waals surface area contributed by atoms with Gasteiger partial charge in [-0.3, -0.25) is 14.5 Å². The molecule has 1 aliphatic heterocycles. The zero-order valence-electron chi connectivity index (χ0n) is 23.3. The van der Waals surface area contributed by atoms with Gasteiger partial charge in [0.2, 0.25) is 0 Å². The number of rotatable bonds is 15. The SMILES string of the molecule is BC(c1ccccc1OCCCCCC(=O)O)N(CCCN1CCOCC1)C(=O)c1ccc(-c2ccco2)cc1. The quantitative estimate of drug-likeness (QED) is 0.222. The van der Waals surface area contributed by atoms with Crippen LogP contribution in [-0.2, 0) is 9.53 Å². The summed E-state index contributed by atoms with van der Waals surface area (Å²) < 4.78 is 17.1. The monoisotopic (exact) mass is 546 g/mol. The number of carboxylic acid groups (broad SMARTS) is 1. The van der Waals surface area contributed by atoms with Crippen molar-refractivity contribution in [1.29, 1.82) is 0 Å². The van der Waals surface area contributed by atoms with Crippen LogP contribution < -0.4 is 4.74 Å². The maximum absolute atomic E-state index is 13.9. The van der Waals surface area contributed by atoms with Gasteiger partial charge in [-0.1, -0.05) is 30.3 Å². The third-order valence-corrected chi connectivity index (χ3v) is 7.30. The number of unbranched alkanes of at least 4 members (excludes halogenated alkanes) is 2. The Morgan fingerprint density at radius 2 is 1.75 bits per heavy atom. The van der Waals surface area contributed by atoms with E-state index in [1.165, 1.54) is 0 Å². The van der Waals surface area contributed by atoms with Gasteiger partial charge in [-0.2, -0.15) is 0 Å². The van der Waals surface area contributed by atoms with E-state index >= 15 is 0 Å². The molecule has 212 valence electrons. The third-order valence-electron chi connectivity index (χ3n) is 7.30. The lowest BCUT2D eigenvalue weighted by Gasteiger charge is -2.33.